The monoisotopic (exact) mass is 275 g/mol. The second kappa shape index (κ2) is 6.16. The van der Waals surface area contributed by atoms with Crippen molar-refractivity contribution in [1.29, 1.82) is 0 Å². The molecule has 0 bridgehead atoms. The van der Waals surface area contributed by atoms with Gasteiger partial charge in [0.1, 0.15) is 0 Å². The van der Waals surface area contributed by atoms with Crippen LogP contribution in [0.15, 0.2) is 23.4 Å². The summed E-state index contributed by atoms with van der Waals surface area (Å²) in [6.45, 7) is 7.63. The molecule has 0 radical (unpaired) electrons. The summed E-state index contributed by atoms with van der Waals surface area (Å²) in [4.78, 5) is 2.50. The lowest BCUT2D eigenvalue weighted by molar-refractivity contribution is 0.318. The van der Waals surface area contributed by atoms with Crippen molar-refractivity contribution in [2.24, 2.45) is 16.8 Å². The van der Waals surface area contributed by atoms with E-state index in [0.29, 0.717) is 12.0 Å². The van der Waals surface area contributed by atoms with E-state index >= 15 is 0 Å². The number of oxime groups is 1. The van der Waals surface area contributed by atoms with E-state index < -0.39 is 0 Å². The van der Waals surface area contributed by atoms with Crippen LogP contribution in [0.25, 0.3) is 0 Å². The maximum absolute atomic E-state index is 8.79. The first-order valence-electron chi connectivity index (χ1n) is 7.38. The average molecular weight is 275 g/mol. The molecule has 4 nitrogen and oxygen atoms in total. The molecule has 20 heavy (non-hydrogen) atoms. The summed E-state index contributed by atoms with van der Waals surface area (Å²) in [5.74, 6) is 0.892. The Morgan fingerprint density at radius 1 is 1.45 bits per heavy atom. The second-order valence-electron chi connectivity index (χ2n) is 6.09. The topological polar surface area (TPSA) is 61.8 Å². The number of benzene rings is 1. The highest BCUT2D eigenvalue weighted by atomic mass is 16.4. The van der Waals surface area contributed by atoms with Crippen LogP contribution < -0.4 is 10.6 Å². The number of aryl methyl sites for hydroxylation is 1. The summed E-state index contributed by atoms with van der Waals surface area (Å²) in [5, 5.41) is 11.9. The van der Waals surface area contributed by atoms with E-state index in [1.165, 1.54) is 24.9 Å². The van der Waals surface area contributed by atoms with Gasteiger partial charge >= 0.3 is 0 Å². The van der Waals surface area contributed by atoms with Crippen LogP contribution in [0.3, 0.4) is 0 Å². The van der Waals surface area contributed by atoms with Gasteiger partial charge in [-0.15, -0.1) is 0 Å². The minimum Gasteiger partial charge on any atom is -0.409 e. The molecule has 3 N–H and O–H groups in total. The molecular formula is C16H25N3O. The second-order valence-corrected chi connectivity index (χ2v) is 6.09. The van der Waals surface area contributed by atoms with Gasteiger partial charge in [0.2, 0.25) is 0 Å². The molecule has 1 fully saturated rings. The van der Waals surface area contributed by atoms with Crippen LogP contribution in [0.5, 0.6) is 0 Å². The highest BCUT2D eigenvalue weighted by Crippen LogP contribution is 2.33. The van der Waals surface area contributed by atoms with Crippen molar-refractivity contribution in [3.05, 3.63) is 29.3 Å². The van der Waals surface area contributed by atoms with Crippen LogP contribution in [-0.2, 0) is 0 Å². The number of hydrogen-bond donors (Lipinski definition) is 2. The Balaban J connectivity index is 2.19. The molecule has 0 unspecified atom stereocenters. The third-order valence-corrected chi connectivity index (χ3v) is 3.86. The number of amidine groups is 1. The third-order valence-electron chi connectivity index (χ3n) is 3.86. The zero-order valence-corrected chi connectivity index (χ0v) is 12.6. The van der Waals surface area contributed by atoms with E-state index in [1.807, 2.05) is 13.0 Å². The molecule has 110 valence electrons. The Hall–Kier alpha value is -1.71. The molecule has 0 amide bonds. The van der Waals surface area contributed by atoms with Gasteiger partial charge in [0.25, 0.3) is 0 Å². The van der Waals surface area contributed by atoms with Crippen LogP contribution in [0, 0.1) is 12.8 Å². The summed E-state index contributed by atoms with van der Waals surface area (Å²) < 4.78 is 0. The first-order chi connectivity index (χ1) is 9.52. The zero-order valence-electron chi connectivity index (χ0n) is 12.6. The van der Waals surface area contributed by atoms with E-state index in [1.54, 1.807) is 0 Å². The fourth-order valence-corrected chi connectivity index (χ4v) is 2.47. The third kappa shape index (κ3) is 3.44. The molecule has 0 aliphatic heterocycles. The summed E-state index contributed by atoms with van der Waals surface area (Å²) >= 11 is 0. The number of rotatable bonds is 6. The highest BCUT2D eigenvalue weighted by Gasteiger charge is 2.29. The molecule has 1 saturated carbocycles. The normalized spacial score (nSPS) is 15.7. The van der Waals surface area contributed by atoms with E-state index in [2.05, 4.69) is 36.0 Å². The van der Waals surface area contributed by atoms with Gasteiger partial charge in [-0.25, -0.2) is 0 Å². The molecule has 4 heteroatoms. The lowest BCUT2D eigenvalue weighted by Crippen LogP contribution is -2.28. The molecule has 0 atom stereocenters. The lowest BCUT2D eigenvalue weighted by Gasteiger charge is -2.26. The molecule has 2 rings (SSSR count). The minimum absolute atomic E-state index is 0.175. The van der Waals surface area contributed by atoms with E-state index in [0.717, 1.165) is 17.7 Å². The number of anilines is 1. The maximum Gasteiger partial charge on any atom is 0.170 e. The lowest BCUT2D eigenvalue weighted by atomic mass is 10.1. The Morgan fingerprint density at radius 3 is 2.65 bits per heavy atom. The first kappa shape index (κ1) is 14.7. The first-order valence-corrected chi connectivity index (χ1v) is 7.38. The van der Waals surface area contributed by atoms with Gasteiger partial charge in [0.15, 0.2) is 5.84 Å². The number of nitrogens with zero attached hydrogens (tertiary/aromatic N) is 2. The maximum atomic E-state index is 8.79. The molecular weight excluding hydrogens is 250 g/mol. The fourth-order valence-electron chi connectivity index (χ4n) is 2.47. The van der Waals surface area contributed by atoms with E-state index in [4.69, 9.17) is 10.9 Å². The summed E-state index contributed by atoms with van der Waals surface area (Å²) in [7, 11) is 0. The number of nitrogens with two attached hydrogens (primary N) is 1. The summed E-state index contributed by atoms with van der Waals surface area (Å²) in [6.07, 6.45) is 3.79. The predicted octanol–water partition coefficient (Wildman–Crippen LogP) is 3.10. The van der Waals surface area contributed by atoms with Gasteiger partial charge < -0.3 is 15.8 Å². The fraction of sp³-hybridized carbons (Fsp3) is 0.562. The van der Waals surface area contributed by atoms with Crippen LogP contribution in [-0.4, -0.2) is 23.6 Å². The van der Waals surface area contributed by atoms with Crippen molar-refractivity contribution in [1.82, 2.24) is 0 Å². The highest BCUT2D eigenvalue weighted by molar-refractivity contribution is 5.98. The molecule has 0 heterocycles. The van der Waals surface area contributed by atoms with Gasteiger partial charge in [-0.1, -0.05) is 19.0 Å². The van der Waals surface area contributed by atoms with E-state index in [-0.39, 0.29) is 5.84 Å². The van der Waals surface area contributed by atoms with Crippen LogP contribution in [0.4, 0.5) is 5.69 Å². The van der Waals surface area contributed by atoms with Gasteiger partial charge in [-0.2, -0.15) is 0 Å². The van der Waals surface area contributed by atoms with Gasteiger partial charge in [0, 0.05) is 23.8 Å². The quantitative estimate of drug-likeness (QED) is 0.363. The minimum atomic E-state index is 0.175. The van der Waals surface area contributed by atoms with Gasteiger partial charge in [-0.05, 0) is 55.9 Å². The van der Waals surface area contributed by atoms with Gasteiger partial charge in [-0.3, -0.25) is 0 Å². The van der Waals surface area contributed by atoms with Crippen LogP contribution in [0.1, 0.15) is 44.2 Å². The molecule has 0 saturated heterocycles. The smallest absolute Gasteiger partial charge is 0.170 e. The number of hydrogen-bond acceptors (Lipinski definition) is 3. The van der Waals surface area contributed by atoms with Crippen molar-refractivity contribution >= 4 is 11.5 Å². The molecule has 1 aliphatic rings. The SMILES string of the molecule is Cc1cc(N(CCC(C)C)C2CC2)ccc1/C(N)=N/O. The van der Waals surface area contributed by atoms with Crippen LogP contribution >= 0.6 is 0 Å². The molecule has 0 aromatic heterocycles. The zero-order chi connectivity index (χ0) is 14.7. The Bertz CT molecular complexity index is 492. The van der Waals surface area contributed by atoms with Crippen molar-refractivity contribution in [2.75, 3.05) is 11.4 Å². The van der Waals surface area contributed by atoms with Crippen molar-refractivity contribution in [2.45, 2.75) is 46.1 Å². The Kier molecular flexibility index (Phi) is 4.53. The summed E-state index contributed by atoms with van der Waals surface area (Å²) in [5.41, 5.74) is 8.78. The molecule has 1 aromatic rings. The van der Waals surface area contributed by atoms with Crippen molar-refractivity contribution in [3.63, 3.8) is 0 Å². The van der Waals surface area contributed by atoms with Gasteiger partial charge in [0.05, 0.1) is 0 Å². The standard InChI is InChI=1S/C16H25N3O/c1-11(2)8-9-19(13-4-5-13)14-6-7-15(12(3)10-14)16(17)18-20/h6-7,10-11,13,20H,4-5,8-9H2,1-3H3,(H2,17,18). The average Bonchev–Trinajstić information content (AvgIpc) is 3.22. The van der Waals surface area contributed by atoms with Crippen LogP contribution in [0.2, 0.25) is 0 Å². The Morgan fingerprint density at radius 2 is 2.15 bits per heavy atom. The van der Waals surface area contributed by atoms with Crippen molar-refractivity contribution < 1.29 is 5.21 Å². The molecule has 1 aliphatic carbocycles. The molecule has 1 aromatic carbocycles. The summed E-state index contributed by atoms with van der Waals surface area (Å²) in [6, 6.07) is 6.87. The van der Waals surface area contributed by atoms with Crippen molar-refractivity contribution in [3.8, 4) is 0 Å². The largest absolute Gasteiger partial charge is 0.409 e. The molecule has 0 spiro atoms. The Labute approximate surface area is 121 Å². The predicted molar refractivity (Wildman–Crippen MR) is 83.5 cm³/mol. The van der Waals surface area contributed by atoms with E-state index in [9.17, 15) is 0 Å².